The second-order valence-electron chi connectivity index (χ2n) is 7.46. The molecule has 2 nitrogen and oxygen atoms in total. The van der Waals surface area contributed by atoms with Crippen molar-refractivity contribution in [3.63, 3.8) is 0 Å². The van der Waals surface area contributed by atoms with Crippen LogP contribution in [0.1, 0.15) is 27.7 Å². The van der Waals surface area contributed by atoms with E-state index in [1.165, 1.54) is 4.40 Å². The molecular weight excluding hydrogens is 296 g/mol. The predicted octanol–water partition coefficient (Wildman–Crippen LogP) is 2.53. The molecule has 1 saturated heterocycles. The zero-order chi connectivity index (χ0) is 14.5. The maximum absolute atomic E-state index is 6.12. The third-order valence-corrected chi connectivity index (χ3v) is 8.56. The van der Waals surface area contributed by atoms with Gasteiger partial charge in [0.25, 0.3) is 0 Å². The van der Waals surface area contributed by atoms with E-state index in [1.807, 2.05) is 0 Å². The second-order valence-corrected chi connectivity index (χ2v) is 18.1. The first-order chi connectivity index (χ1) is 8.53. The van der Waals surface area contributed by atoms with Crippen LogP contribution in [0.3, 0.4) is 0 Å². The van der Waals surface area contributed by atoms with Gasteiger partial charge in [-0.3, -0.25) is 0 Å². The van der Waals surface area contributed by atoms with Gasteiger partial charge in [0.05, 0.1) is 0 Å². The van der Waals surface area contributed by atoms with Crippen molar-refractivity contribution in [3.05, 3.63) is 24.3 Å². The minimum absolute atomic E-state index is 0.241. The van der Waals surface area contributed by atoms with Gasteiger partial charge in [-0.05, 0) is 0 Å². The van der Waals surface area contributed by atoms with Crippen molar-refractivity contribution < 1.29 is 9.31 Å². The van der Waals surface area contributed by atoms with Gasteiger partial charge in [0, 0.05) is 0 Å². The van der Waals surface area contributed by atoms with Gasteiger partial charge in [0.15, 0.2) is 0 Å². The molecule has 0 amide bonds. The van der Waals surface area contributed by atoms with Crippen LogP contribution in [0.4, 0.5) is 0 Å². The Kier molecular flexibility index (Phi) is 3.70. The first kappa shape index (κ1) is 15.1. The van der Waals surface area contributed by atoms with Crippen LogP contribution in [-0.2, 0) is 9.31 Å². The normalized spacial score (nSPS) is 21.7. The van der Waals surface area contributed by atoms with Crippen molar-refractivity contribution in [1.29, 1.82) is 0 Å². The van der Waals surface area contributed by atoms with Crippen molar-refractivity contribution in [1.82, 2.24) is 0 Å². The van der Waals surface area contributed by atoms with E-state index in [2.05, 4.69) is 69.2 Å². The van der Waals surface area contributed by atoms with Gasteiger partial charge in [-0.1, -0.05) is 0 Å². The Labute approximate surface area is 120 Å². The standard InChI is InChI=1S/C15H25BGeO2/c1-14(2)15(3,4)19-16(18-14)12-9-8-10-13(11-12)17(5,6)7/h8-11H,1-7H3. The molecule has 2 rings (SSSR count). The van der Waals surface area contributed by atoms with Gasteiger partial charge < -0.3 is 0 Å². The molecule has 1 aromatic rings. The number of benzene rings is 1. The van der Waals surface area contributed by atoms with Crippen molar-refractivity contribution >= 4 is 30.2 Å². The van der Waals surface area contributed by atoms with E-state index >= 15 is 0 Å². The SMILES string of the molecule is CC1(C)OB(c2ccc[c]([Ge]([CH3])([CH3])[CH3])c2)OC1(C)C. The minimum atomic E-state index is -1.80. The molecule has 0 aliphatic carbocycles. The molecule has 0 bridgehead atoms. The van der Waals surface area contributed by atoms with Crippen LogP contribution in [0.5, 0.6) is 0 Å². The van der Waals surface area contributed by atoms with Crippen LogP contribution in [0.15, 0.2) is 24.3 Å². The molecule has 104 valence electrons. The number of hydrogen-bond acceptors (Lipinski definition) is 2. The summed E-state index contributed by atoms with van der Waals surface area (Å²) in [5, 5.41) is 0. The van der Waals surface area contributed by atoms with Crippen LogP contribution in [0.2, 0.25) is 17.3 Å². The van der Waals surface area contributed by atoms with Crippen molar-refractivity contribution in [2.75, 3.05) is 0 Å². The third-order valence-electron chi connectivity index (χ3n) is 4.28. The molecule has 0 atom stereocenters. The molecule has 0 spiro atoms. The monoisotopic (exact) mass is 322 g/mol. The molecular formula is C15H25BGeO2. The first-order valence-electron chi connectivity index (χ1n) is 6.99. The van der Waals surface area contributed by atoms with Crippen LogP contribution in [0.25, 0.3) is 0 Å². The van der Waals surface area contributed by atoms with Gasteiger partial charge in [-0.2, -0.15) is 0 Å². The molecule has 1 aromatic carbocycles. The van der Waals surface area contributed by atoms with Gasteiger partial charge >= 0.3 is 120 Å². The van der Waals surface area contributed by atoms with Crippen LogP contribution in [-0.4, -0.2) is 31.6 Å². The van der Waals surface area contributed by atoms with Crippen LogP contribution >= 0.6 is 0 Å². The number of hydrogen-bond donors (Lipinski definition) is 0. The van der Waals surface area contributed by atoms with Crippen molar-refractivity contribution in [3.8, 4) is 0 Å². The Bertz CT molecular complexity index is 461. The molecule has 0 unspecified atom stereocenters. The second kappa shape index (κ2) is 4.64. The summed E-state index contributed by atoms with van der Waals surface area (Å²) >= 11 is -1.80. The van der Waals surface area contributed by atoms with E-state index in [4.69, 9.17) is 9.31 Å². The van der Waals surface area contributed by atoms with Crippen LogP contribution in [0, 0.1) is 0 Å². The van der Waals surface area contributed by atoms with E-state index in [-0.39, 0.29) is 18.3 Å². The first-order valence-corrected chi connectivity index (χ1v) is 14.3. The maximum atomic E-state index is 6.12. The average molecular weight is 321 g/mol. The van der Waals surface area contributed by atoms with Gasteiger partial charge in [-0.15, -0.1) is 0 Å². The Hall–Kier alpha value is -0.252. The Morgan fingerprint density at radius 1 is 0.947 bits per heavy atom. The van der Waals surface area contributed by atoms with E-state index in [0.717, 1.165) is 5.46 Å². The Balaban J connectivity index is 2.30. The Morgan fingerprint density at radius 3 is 1.95 bits per heavy atom. The van der Waals surface area contributed by atoms with Crippen LogP contribution < -0.4 is 9.86 Å². The molecule has 1 aliphatic heterocycles. The molecule has 0 saturated carbocycles. The summed E-state index contributed by atoms with van der Waals surface area (Å²) in [6.45, 7) is 8.38. The molecule has 1 heterocycles. The summed E-state index contributed by atoms with van der Waals surface area (Å²) in [7, 11) is -0.241. The molecule has 0 radical (unpaired) electrons. The molecule has 1 fully saturated rings. The van der Waals surface area contributed by atoms with Crippen molar-refractivity contribution in [2.24, 2.45) is 0 Å². The zero-order valence-electron chi connectivity index (χ0n) is 13.2. The molecule has 4 heteroatoms. The fourth-order valence-electron chi connectivity index (χ4n) is 2.13. The van der Waals surface area contributed by atoms with E-state index < -0.39 is 13.3 Å². The molecule has 1 aliphatic rings. The van der Waals surface area contributed by atoms with E-state index in [0.29, 0.717) is 0 Å². The van der Waals surface area contributed by atoms with Gasteiger partial charge in [0.1, 0.15) is 0 Å². The predicted molar refractivity (Wildman–Crippen MR) is 85.1 cm³/mol. The fraction of sp³-hybridized carbons (Fsp3) is 0.600. The molecule has 0 aromatic heterocycles. The van der Waals surface area contributed by atoms with Crippen molar-refractivity contribution in [2.45, 2.75) is 56.2 Å². The summed E-state index contributed by atoms with van der Waals surface area (Å²) in [5.74, 6) is 7.22. The molecule has 19 heavy (non-hydrogen) atoms. The van der Waals surface area contributed by atoms with Gasteiger partial charge in [-0.25, -0.2) is 0 Å². The summed E-state index contributed by atoms with van der Waals surface area (Å²) in [6, 6.07) is 8.77. The quantitative estimate of drug-likeness (QED) is 0.780. The summed E-state index contributed by atoms with van der Waals surface area (Å²) in [5.41, 5.74) is 0.616. The third kappa shape index (κ3) is 2.93. The summed E-state index contributed by atoms with van der Waals surface area (Å²) in [4.78, 5) is 0. The zero-order valence-corrected chi connectivity index (χ0v) is 15.3. The summed E-state index contributed by atoms with van der Waals surface area (Å²) < 4.78 is 13.7. The topological polar surface area (TPSA) is 18.5 Å². The van der Waals surface area contributed by atoms with E-state index in [1.54, 1.807) is 0 Å². The molecule has 0 N–H and O–H groups in total. The fourth-order valence-corrected chi connectivity index (χ4v) is 4.64. The Morgan fingerprint density at radius 2 is 1.47 bits per heavy atom. The summed E-state index contributed by atoms with van der Waals surface area (Å²) in [6.07, 6.45) is 0. The number of rotatable bonds is 2. The van der Waals surface area contributed by atoms with Gasteiger partial charge in [0.2, 0.25) is 0 Å². The average Bonchev–Trinajstić information content (AvgIpc) is 2.47. The van der Waals surface area contributed by atoms with E-state index in [9.17, 15) is 0 Å².